The number of aromatic nitrogens is 2. The average molecular weight is 512 g/mol. The molecule has 2 N–H and O–H groups in total. The SMILES string of the molecule is COc1cccc(-n2cccc2[C@H]2[C@@H](c3ccccn3)NC(=S)N2CCC(=O)Nc2cccc(C)c2)c1. The number of pyridine rings is 1. The summed E-state index contributed by atoms with van der Waals surface area (Å²) < 4.78 is 7.59. The summed E-state index contributed by atoms with van der Waals surface area (Å²) in [5.41, 5.74) is 4.80. The van der Waals surface area contributed by atoms with Crippen LogP contribution in [0.5, 0.6) is 5.75 Å². The molecular formula is C29H29N5O2S. The van der Waals surface area contributed by atoms with Gasteiger partial charge in [0.1, 0.15) is 5.75 Å². The van der Waals surface area contributed by atoms with Gasteiger partial charge in [-0.25, -0.2) is 0 Å². The third kappa shape index (κ3) is 5.34. The number of anilines is 1. The molecule has 2 aromatic heterocycles. The van der Waals surface area contributed by atoms with E-state index in [1.165, 1.54) is 0 Å². The standard InChI is InChI=1S/C29H29N5O2S/c1-20-8-5-9-21(18-20)31-26(35)14-17-34-28(27(32-29(34)37)24-12-3-4-15-30-24)25-13-7-16-33(25)22-10-6-11-23(19-22)36-2/h3-13,15-16,18-19,27-28H,14,17H2,1-2H3,(H,31,35)(H,32,37)/t27-,28+/m1/s1. The Morgan fingerprint density at radius 1 is 1.08 bits per heavy atom. The summed E-state index contributed by atoms with van der Waals surface area (Å²) in [6, 6.07) is 25.4. The molecule has 5 rings (SSSR count). The molecule has 4 aromatic rings. The first-order chi connectivity index (χ1) is 18.0. The Hall–Kier alpha value is -4.17. The first-order valence-corrected chi connectivity index (χ1v) is 12.6. The van der Waals surface area contributed by atoms with E-state index in [1.54, 1.807) is 13.3 Å². The second kappa shape index (κ2) is 10.8. The molecular weight excluding hydrogens is 482 g/mol. The van der Waals surface area contributed by atoms with Crippen molar-refractivity contribution in [2.75, 3.05) is 19.0 Å². The minimum absolute atomic E-state index is 0.0587. The molecule has 7 nitrogen and oxygen atoms in total. The summed E-state index contributed by atoms with van der Waals surface area (Å²) >= 11 is 5.79. The number of hydrogen-bond donors (Lipinski definition) is 2. The monoisotopic (exact) mass is 511 g/mol. The van der Waals surface area contributed by atoms with Gasteiger partial charge < -0.3 is 24.8 Å². The number of benzene rings is 2. The molecule has 3 heterocycles. The minimum Gasteiger partial charge on any atom is -0.497 e. The van der Waals surface area contributed by atoms with Gasteiger partial charge in [-0.1, -0.05) is 24.3 Å². The van der Waals surface area contributed by atoms with Gasteiger partial charge in [-0.2, -0.15) is 0 Å². The Morgan fingerprint density at radius 2 is 1.95 bits per heavy atom. The van der Waals surface area contributed by atoms with Gasteiger partial charge in [-0.05, 0) is 73.2 Å². The zero-order valence-electron chi connectivity index (χ0n) is 20.8. The van der Waals surface area contributed by atoms with Crippen LogP contribution in [0.15, 0.2) is 91.3 Å². The molecule has 0 spiro atoms. The van der Waals surface area contributed by atoms with Crippen molar-refractivity contribution >= 4 is 28.9 Å². The van der Waals surface area contributed by atoms with E-state index in [0.29, 0.717) is 18.1 Å². The van der Waals surface area contributed by atoms with Crippen molar-refractivity contribution < 1.29 is 9.53 Å². The maximum atomic E-state index is 12.9. The number of hydrogen-bond acceptors (Lipinski definition) is 4. The zero-order chi connectivity index (χ0) is 25.8. The highest BCUT2D eigenvalue weighted by atomic mass is 32.1. The van der Waals surface area contributed by atoms with Gasteiger partial charge in [0.15, 0.2) is 5.11 Å². The van der Waals surface area contributed by atoms with Crippen LogP contribution in [-0.4, -0.2) is 39.1 Å². The van der Waals surface area contributed by atoms with Crippen LogP contribution in [-0.2, 0) is 4.79 Å². The molecule has 1 aliphatic heterocycles. The van der Waals surface area contributed by atoms with Gasteiger partial charge in [0.2, 0.25) is 5.91 Å². The number of nitrogens with zero attached hydrogens (tertiary/aromatic N) is 3. The van der Waals surface area contributed by atoms with Gasteiger partial charge in [0, 0.05) is 48.5 Å². The average Bonchev–Trinajstić information content (AvgIpc) is 3.52. The number of amides is 1. The molecule has 0 radical (unpaired) electrons. The minimum atomic E-state index is -0.173. The van der Waals surface area contributed by atoms with Crippen LogP contribution < -0.4 is 15.4 Å². The molecule has 37 heavy (non-hydrogen) atoms. The molecule has 0 bridgehead atoms. The zero-order valence-corrected chi connectivity index (χ0v) is 21.6. The Labute approximate surface area is 222 Å². The number of aryl methyl sites for hydroxylation is 1. The van der Waals surface area contributed by atoms with E-state index in [4.69, 9.17) is 17.0 Å². The van der Waals surface area contributed by atoms with E-state index in [0.717, 1.165) is 34.1 Å². The number of methoxy groups -OCH3 is 1. The molecule has 2 aromatic carbocycles. The van der Waals surface area contributed by atoms with Crippen LogP contribution in [0.2, 0.25) is 0 Å². The van der Waals surface area contributed by atoms with Crippen molar-refractivity contribution in [3.05, 3.63) is 108 Å². The Kier molecular flexibility index (Phi) is 7.18. The molecule has 0 aliphatic carbocycles. The number of carbonyl (C=O) groups is 1. The predicted octanol–water partition coefficient (Wildman–Crippen LogP) is 5.19. The van der Waals surface area contributed by atoms with Gasteiger partial charge in [0.25, 0.3) is 0 Å². The highest BCUT2D eigenvalue weighted by Gasteiger charge is 2.41. The number of thiocarbonyl (C=S) groups is 1. The summed E-state index contributed by atoms with van der Waals surface area (Å²) in [5, 5.41) is 7.07. The summed E-state index contributed by atoms with van der Waals surface area (Å²) in [6.07, 6.45) is 4.11. The first kappa shape index (κ1) is 24.5. The summed E-state index contributed by atoms with van der Waals surface area (Å²) in [5.74, 6) is 0.722. The lowest BCUT2D eigenvalue weighted by Gasteiger charge is -2.29. The van der Waals surface area contributed by atoms with Crippen LogP contribution in [0.1, 0.15) is 35.5 Å². The topological polar surface area (TPSA) is 71.4 Å². The Morgan fingerprint density at radius 3 is 2.73 bits per heavy atom. The fourth-order valence-corrected chi connectivity index (χ4v) is 5.10. The maximum Gasteiger partial charge on any atom is 0.226 e. The van der Waals surface area contributed by atoms with Crippen molar-refractivity contribution in [3.8, 4) is 11.4 Å². The smallest absolute Gasteiger partial charge is 0.226 e. The fourth-order valence-electron chi connectivity index (χ4n) is 4.77. The van der Waals surface area contributed by atoms with E-state index in [1.807, 2.05) is 85.9 Å². The van der Waals surface area contributed by atoms with Gasteiger partial charge in [-0.3, -0.25) is 9.78 Å². The Balaban J connectivity index is 1.45. The second-order valence-corrected chi connectivity index (χ2v) is 9.38. The van der Waals surface area contributed by atoms with E-state index >= 15 is 0 Å². The molecule has 1 fully saturated rings. The molecule has 1 amide bonds. The third-order valence-electron chi connectivity index (χ3n) is 6.49. The van der Waals surface area contributed by atoms with E-state index in [9.17, 15) is 4.79 Å². The quantitative estimate of drug-likeness (QED) is 0.317. The summed E-state index contributed by atoms with van der Waals surface area (Å²) in [4.78, 5) is 19.6. The fraction of sp³-hybridized carbons (Fsp3) is 0.207. The van der Waals surface area contributed by atoms with Crippen LogP contribution in [0, 0.1) is 6.92 Å². The van der Waals surface area contributed by atoms with E-state index < -0.39 is 0 Å². The molecule has 188 valence electrons. The second-order valence-electron chi connectivity index (χ2n) is 8.99. The maximum absolute atomic E-state index is 12.9. The van der Waals surface area contributed by atoms with Crippen molar-refractivity contribution in [3.63, 3.8) is 0 Å². The number of rotatable bonds is 8. The molecule has 0 unspecified atom stereocenters. The predicted molar refractivity (Wildman–Crippen MR) is 149 cm³/mol. The first-order valence-electron chi connectivity index (χ1n) is 12.2. The highest BCUT2D eigenvalue weighted by Crippen LogP contribution is 2.39. The number of nitrogens with one attached hydrogen (secondary N) is 2. The third-order valence-corrected chi connectivity index (χ3v) is 6.85. The van der Waals surface area contributed by atoms with Crippen LogP contribution in [0.3, 0.4) is 0 Å². The molecule has 1 aliphatic rings. The van der Waals surface area contributed by atoms with Crippen molar-refractivity contribution in [1.82, 2.24) is 19.8 Å². The lowest BCUT2D eigenvalue weighted by atomic mass is 10.0. The molecule has 2 atom stereocenters. The van der Waals surface area contributed by atoms with Crippen LogP contribution in [0.25, 0.3) is 5.69 Å². The number of ether oxygens (including phenoxy) is 1. The van der Waals surface area contributed by atoms with Gasteiger partial charge >= 0.3 is 0 Å². The molecule has 0 saturated carbocycles. The normalized spacial score (nSPS) is 16.9. The van der Waals surface area contributed by atoms with Gasteiger partial charge in [-0.15, -0.1) is 0 Å². The lowest BCUT2D eigenvalue weighted by Crippen LogP contribution is -2.33. The van der Waals surface area contributed by atoms with Crippen LogP contribution >= 0.6 is 12.2 Å². The summed E-state index contributed by atoms with van der Waals surface area (Å²) in [7, 11) is 1.66. The van der Waals surface area contributed by atoms with Crippen molar-refractivity contribution in [1.29, 1.82) is 0 Å². The number of carbonyl (C=O) groups excluding carboxylic acids is 1. The lowest BCUT2D eigenvalue weighted by molar-refractivity contribution is -0.116. The van der Waals surface area contributed by atoms with Crippen molar-refractivity contribution in [2.45, 2.75) is 25.4 Å². The van der Waals surface area contributed by atoms with Crippen molar-refractivity contribution in [2.24, 2.45) is 0 Å². The van der Waals surface area contributed by atoms with E-state index in [-0.39, 0.29) is 18.0 Å². The molecule has 1 saturated heterocycles. The largest absolute Gasteiger partial charge is 0.497 e. The Bertz CT molecular complexity index is 1400. The molecule has 8 heteroatoms. The van der Waals surface area contributed by atoms with Crippen LogP contribution in [0.4, 0.5) is 5.69 Å². The summed E-state index contributed by atoms with van der Waals surface area (Å²) in [6.45, 7) is 2.46. The highest BCUT2D eigenvalue weighted by molar-refractivity contribution is 7.80. The van der Waals surface area contributed by atoms with Gasteiger partial charge in [0.05, 0.1) is 24.9 Å². The van der Waals surface area contributed by atoms with E-state index in [2.05, 4.69) is 31.2 Å².